The van der Waals surface area contributed by atoms with Crippen LogP contribution in [0.4, 0.5) is 13.2 Å². The average molecular weight is 246 g/mol. The molecule has 17 heavy (non-hydrogen) atoms. The van der Waals surface area contributed by atoms with E-state index in [1.165, 1.54) is 12.1 Å². The molecule has 4 nitrogen and oxygen atoms in total. The highest BCUT2D eigenvalue weighted by Crippen LogP contribution is 2.29. The van der Waals surface area contributed by atoms with E-state index in [0.717, 1.165) is 12.1 Å². The maximum atomic E-state index is 12.3. The van der Waals surface area contributed by atoms with Gasteiger partial charge in [0.15, 0.2) is 0 Å². The number of amides is 2. The van der Waals surface area contributed by atoms with Crippen molar-refractivity contribution < 1.29 is 22.8 Å². The fraction of sp³-hybridized carbons (Fsp3) is 0.200. The fourth-order valence-corrected chi connectivity index (χ4v) is 1.13. The molecule has 3 N–H and O–H groups in total. The maximum absolute atomic E-state index is 12.3. The van der Waals surface area contributed by atoms with Crippen molar-refractivity contribution in [2.75, 3.05) is 0 Å². The van der Waals surface area contributed by atoms with Crippen molar-refractivity contribution in [1.82, 2.24) is 5.32 Å². The number of hydrogen-bond acceptors (Lipinski definition) is 2. The zero-order chi connectivity index (χ0) is 13.1. The molecule has 0 bridgehead atoms. The van der Waals surface area contributed by atoms with Crippen molar-refractivity contribution >= 4 is 11.8 Å². The molecule has 0 atom stereocenters. The van der Waals surface area contributed by atoms with Crippen LogP contribution in [0.1, 0.15) is 11.1 Å². The van der Waals surface area contributed by atoms with E-state index >= 15 is 0 Å². The smallest absolute Gasteiger partial charge is 0.361 e. The summed E-state index contributed by atoms with van der Waals surface area (Å²) in [7, 11) is 0. The number of hydrogen-bond donors (Lipinski definition) is 2. The van der Waals surface area contributed by atoms with Gasteiger partial charge in [0.1, 0.15) is 0 Å². The van der Waals surface area contributed by atoms with Gasteiger partial charge in [-0.15, -0.1) is 0 Å². The number of alkyl halides is 3. The lowest BCUT2D eigenvalue weighted by atomic mass is 10.1. The Morgan fingerprint density at radius 2 is 1.94 bits per heavy atom. The number of primary amides is 1. The lowest BCUT2D eigenvalue weighted by Gasteiger charge is -2.08. The minimum absolute atomic E-state index is 0.189. The summed E-state index contributed by atoms with van der Waals surface area (Å²) < 4.78 is 37.0. The van der Waals surface area contributed by atoms with Gasteiger partial charge in [-0.2, -0.15) is 13.2 Å². The third-order valence-electron chi connectivity index (χ3n) is 1.93. The third kappa shape index (κ3) is 3.78. The predicted octanol–water partition coefficient (Wildman–Crippen LogP) is 0.807. The van der Waals surface area contributed by atoms with Crippen molar-refractivity contribution in [1.29, 1.82) is 0 Å². The first kappa shape index (κ1) is 13.0. The van der Waals surface area contributed by atoms with Gasteiger partial charge in [0.2, 0.25) is 0 Å². The largest absolute Gasteiger partial charge is 0.416 e. The molecule has 1 aromatic carbocycles. The Labute approximate surface area is 94.6 Å². The van der Waals surface area contributed by atoms with Crippen molar-refractivity contribution in [3.05, 3.63) is 35.4 Å². The molecule has 0 aromatic heterocycles. The molecule has 0 heterocycles. The Bertz CT molecular complexity index is 443. The number of halogens is 3. The van der Waals surface area contributed by atoms with Crippen LogP contribution in [0.5, 0.6) is 0 Å². The van der Waals surface area contributed by atoms with E-state index in [2.05, 4.69) is 11.1 Å². The van der Waals surface area contributed by atoms with Gasteiger partial charge in [0.05, 0.1) is 5.56 Å². The highest BCUT2D eigenvalue weighted by atomic mass is 19.4. The predicted molar refractivity (Wildman–Crippen MR) is 52.5 cm³/mol. The Balaban J connectivity index is 2.73. The molecule has 0 radical (unpaired) electrons. The van der Waals surface area contributed by atoms with E-state index < -0.39 is 23.6 Å². The van der Waals surface area contributed by atoms with Crippen LogP contribution in [-0.4, -0.2) is 11.8 Å². The second-order valence-corrected chi connectivity index (χ2v) is 3.25. The molecule has 0 aliphatic carbocycles. The quantitative estimate of drug-likeness (QED) is 0.758. The van der Waals surface area contributed by atoms with Crippen LogP contribution < -0.4 is 11.1 Å². The molecule has 0 aliphatic heterocycles. The molecule has 2 amide bonds. The van der Waals surface area contributed by atoms with Crippen molar-refractivity contribution in [3.63, 3.8) is 0 Å². The van der Waals surface area contributed by atoms with Gasteiger partial charge in [-0.3, -0.25) is 9.59 Å². The van der Waals surface area contributed by atoms with Crippen molar-refractivity contribution in [3.8, 4) is 0 Å². The molecule has 0 fully saturated rings. The van der Waals surface area contributed by atoms with Crippen LogP contribution in [-0.2, 0) is 22.3 Å². The molecular formula is C10H9F3N2O2. The van der Waals surface area contributed by atoms with E-state index in [0.29, 0.717) is 0 Å². The lowest BCUT2D eigenvalue weighted by Crippen LogP contribution is -2.35. The first-order valence-electron chi connectivity index (χ1n) is 4.54. The Morgan fingerprint density at radius 3 is 2.47 bits per heavy atom. The SMILES string of the molecule is NC(=O)C(=O)NCc1cccc(C(F)(F)F)c1. The number of nitrogens with two attached hydrogens (primary N) is 1. The van der Waals surface area contributed by atoms with Gasteiger partial charge in [-0.05, 0) is 17.7 Å². The standard InChI is InChI=1S/C10H9F3N2O2/c11-10(12,13)7-3-1-2-6(4-7)5-15-9(17)8(14)16/h1-4H,5H2,(H2,14,16)(H,15,17). The highest BCUT2D eigenvalue weighted by molar-refractivity contribution is 6.34. The van der Waals surface area contributed by atoms with Crippen LogP contribution in [0, 0.1) is 0 Å². The summed E-state index contributed by atoms with van der Waals surface area (Å²) >= 11 is 0. The average Bonchev–Trinajstić information content (AvgIpc) is 2.25. The van der Waals surface area contributed by atoms with E-state index in [9.17, 15) is 22.8 Å². The van der Waals surface area contributed by atoms with E-state index in [-0.39, 0.29) is 12.1 Å². The van der Waals surface area contributed by atoms with Crippen LogP contribution >= 0.6 is 0 Å². The van der Waals surface area contributed by atoms with Gasteiger partial charge in [-0.1, -0.05) is 12.1 Å². The Morgan fingerprint density at radius 1 is 1.29 bits per heavy atom. The summed E-state index contributed by atoms with van der Waals surface area (Å²) in [6.45, 7) is -0.189. The number of nitrogens with one attached hydrogen (secondary N) is 1. The highest BCUT2D eigenvalue weighted by Gasteiger charge is 2.30. The molecule has 1 aromatic rings. The summed E-state index contributed by atoms with van der Waals surface area (Å²) in [6, 6.07) is 4.42. The molecular weight excluding hydrogens is 237 g/mol. The molecule has 7 heteroatoms. The third-order valence-corrected chi connectivity index (χ3v) is 1.93. The first-order valence-corrected chi connectivity index (χ1v) is 4.54. The summed E-state index contributed by atoms with van der Waals surface area (Å²) in [5.74, 6) is -2.22. The Kier molecular flexibility index (Phi) is 3.72. The van der Waals surface area contributed by atoms with Gasteiger partial charge in [0, 0.05) is 6.54 Å². The van der Waals surface area contributed by atoms with E-state index in [1.807, 2.05) is 0 Å². The second-order valence-electron chi connectivity index (χ2n) is 3.25. The van der Waals surface area contributed by atoms with Crippen LogP contribution in [0.15, 0.2) is 24.3 Å². The summed E-state index contributed by atoms with van der Waals surface area (Å²) in [5.41, 5.74) is 4.08. The van der Waals surface area contributed by atoms with Crippen LogP contribution in [0.2, 0.25) is 0 Å². The summed E-state index contributed by atoms with van der Waals surface area (Å²) in [4.78, 5) is 21.2. The fourth-order valence-electron chi connectivity index (χ4n) is 1.13. The minimum Gasteiger partial charge on any atom is -0.361 e. The number of rotatable bonds is 2. The molecule has 92 valence electrons. The number of carbonyl (C=O) groups excluding carboxylic acids is 2. The van der Waals surface area contributed by atoms with Crippen LogP contribution in [0.3, 0.4) is 0 Å². The van der Waals surface area contributed by atoms with Crippen molar-refractivity contribution in [2.24, 2.45) is 5.73 Å². The van der Waals surface area contributed by atoms with Crippen LogP contribution in [0.25, 0.3) is 0 Å². The first-order chi connectivity index (χ1) is 7.80. The van der Waals surface area contributed by atoms with Crippen molar-refractivity contribution in [2.45, 2.75) is 12.7 Å². The molecule has 0 unspecified atom stereocenters. The summed E-state index contributed by atoms with van der Waals surface area (Å²) in [6.07, 6.45) is -4.44. The second kappa shape index (κ2) is 4.86. The monoisotopic (exact) mass is 246 g/mol. The normalized spacial score (nSPS) is 11.0. The van der Waals surface area contributed by atoms with Gasteiger partial charge in [-0.25, -0.2) is 0 Å². The van der Waals surface area contributed by atoms with E-state index in [1.54, 1.807) is 0 Å². The lowest BCUT2D eigenvalue weighted by molar-refractivity contribution is -0.137. The Hall–Kier alpha value is -2.05. The topological polar surface area (TPSA) is 72.2 Å². The van der Waals surface area contributed by atoms with Gasteiger partial charge in [0.25, 0.3) is 0 Å². The van der Waals surface area contributed by atoms with E-state index in [4.69, 9.17) is 0 Å². The molecule has 0 saturated carbocycles. The zero-order valence-corrected chi connectivity index (χ0v) is 8.54. The minimum atomic E-state index is -4.44. The number of benzene rings is 1. The molecule has 0 saturated heterocycles. The molecule has 0 aliphatic rings. The molecule has 0 spiro atoms. The van der Waals surface area contributed by atoms with Gasteiger partial charge < -0.3 is 11.1 Å². The number of carbonyl (C=O) groups is 2. The van der Waals surface area contributed by atoms with Gasteiger partial charge >= 0.3 is 18.0 Å². The zero-order valence-electron chi connectivity index (χ0n) is 8.54. The summed E-state index contributed by atoms with van der Waals surface area (Å²) in [5, 5.41) is 2.10. The maximum Gasteiger partial charge on any atom is 0.416 e. The molecule has 1 rings (SSSR count).